The van der Waals surface area contributed by atoms with E-state index in [2.05, 4.69) is 5.32 Å². The molecule has 1 saturated carbocycles. The molecule has 0 bridgehead atoms. The highest BCUT2D eigenvalue weighted by molar-refractivity contribution is 5.23. The molecule has 4 heteroatoms. The zero-order chi connectivity index (χ0) is 13.1. The molecule has 1 aliphatic carbocycles. The molecule has 0 aromatic heterocycles. The normalized spacial score (nSPS) is 16.9. The highest BCUT2D eigenvalue weighted by atomic mass is 19.2. The largest absolute Gasteiger partial charge is 0.310 e. The molecule has 1 unspecified atom stereocenters. The number of hydrogen-bond donors (Lipinski definition) is 1. The first-order chi connectivity index (χ1) is 8.63. The Kier molecular flexibility index (Phi) is 4.27. The Labute approximate surface area is 105 Å². The van der Waals surface area contributed by atoms with Gasteiger partial charge in [-0.05, 0) is 31.4 Å². The molecule has 1 aromatic carbocycles. The predicted molar refractivity (Wildman–Crippen MR) is 64.7 cm³/mol. The van der Waals surface area contributed by atoms with Crippen LogP contribution in [0, 0.1) is 23.4 Å². The van der Waals surface area contributed by atoms with Gasteiger partial charge in [-0.15, -0.1) is 0 Å². The van der Waals surface area contributed by atoms with Gasteiger partial charge in [0.05, 0.1) is 0 Å². The molecule has 0 amide bonds. The maximum absolute atomic E-state index is 13.7. The van der Waals surface area contributed by atoms with E-state index in [9.17, 15) is 13.2 Å². The average molecular weight is 257 g/mol. The second-order valence-electron chi connectivity index (χ2n) is 4.90. The SMILES string of the molecule is CCNC(CCC1CC1)c1ccc(F)c(F)c1F. The molecule has 0 radical (unpaired) electrons. The van der Waals surface area contributed by atoms with E-state index < -0.39 is 17.5 Å². The summed E-state index contributed by atoms with van der Waals surface area (Å²) in [6, 6.07) is 2.11. The van der Waals surface area contributed by atoms with Crippen molar-refractivity contribution in [1.29, 1.82) is 0 Å². The van der Waals surface area contributed by atoms with Gasteiger partial charge >= 0.3 is 0 Å². The van der Waals surface area contributed by atoms with Crippen molar-refractivity contribution in [3.63, 3.8) is 0 Å². The summed E-state index contributed by atoms with van der Waals surface area (Å²) in [6.45, 7) is 2.59. The third kappa shape index (κ3) is 3.05. The summed E-state index contributed by atoms with van der Waals surface area (Å²) in [5.74, 6) is -2.83. The molecule has 1 N–H and O–H groups in total. The number of hydrogen-bond acceptors (Lipinski definition) is 1. The fourth-order valence-electron chi connectivity index (χ4n) is 2.23. The first-order valence-corrected chi connectivity index (χ1v) is 6.50. The van der Waals surface area contributed by atoms with Crippen LogP contribution < -0.4 is 5.32 Å². The third-order valence-electron chi connectivity index (χ3n) is 3.45. The minimum absolute atomic E-state index is 0.231. The van der Waals surface area contributed by atoms with Crippen molar-refractivity contribution in [3.05, 3.63) is 35.1 Å². The smallest absolute Gasteiger partial charge is 0.194 e. The van der Waals surface area contributed by atoms with Crippen LogP contribution in [0.5, 0.6) is 0 Å². The third-order valence-corrected chi connectivity index (χ3v) is 3.45. The highest BCUT2D eigenvalue weighted by Crippen LogP contribution is 2.36. The van der Waals surface area contributed by atoms with Gasteiger partial charge in [-0.25, -0.2) is 13.2 Å². The zero-order valence-electron chi connectivity index (χ0n) is 10.5. The van der Waals surface area contributed by atoms with Gasteiger partial charge in [0.2, 0.25) is 0 Å². The van der Waals surface area contributed by atoms with Crippen LogP contribution in [0.25, 0.3) is 0 Å². The Hall–Kier alpha value is -1.03. The van der Waals surface area contributed by atoms with E-state index in [1.54, 1.807) is 0 Å². The summed E-state index contributed by atoms with van der Waals surface area (Å²) in [5, 5.41) is 3.14. The average Bonchev–Trinajstić information content (AvgIpc) is 3.16. The number of rotatable bonds is 6. The standard InChI is InChI=1S/C14H18F3N/c1-2-18-12(8-5-9-3-4-9)10-6-7-11(15)14(17)13(10)16/h6-7,9,12,18H,2-5,8H2,1H3. The molecule has 1 aliphatic rings. The first kappa shape index (κ1) is 13.4. The Morgan fingerprint density at radius 3 is 2.56 bits per heavy atom. The van der Waals surface area contributed by atoms with E-state index in [4.69, 9.17) is 0 Å². The van der Waals surface area contributed by atoms with Crippen molar-refractivity contribution < 1.29 is 13.2 Å². The van der Waals surface area contributed by atoms with Gasteiger partial charge in [0.25, 0.3) is 0 Å². The van der Waals surface area contributed by atoms with Crippen LogP contribution in [-0.4, -0.2) is 6.54 Å². The second-order valence-corrected chi connectivity index (χ2v) is 4.90. The van der Waals surface area contributed by atoms with E-state index in [1.807, 2.05) is 6.92 Å². The molecule has 0 saturated heterocycles. The summed E-state index contributed by atoms with van der Waals surface area (Å²) >= 11 is 0. The summed E-state index contributed by atoms with van der Waals surface area (Å²) in [5.41, 5.74) is 0.233. The van der Waals surface area contributed by atoms with Crippen LogP contribution >= 0.6 is 0 Å². The number of benzene rings is 1. The Bertz CT molecular complexity index is 416. The lowest BCUT2D eigenvalue weighted by Crippen LogP contribution is -2.22. The van der Waals surface area contributed by atoms with Gasteiger partial charge in [0, 0.05) is 11.6 Å². The van der Waals surface area contributed by atoms with Crippen molar-refractivity contribution in [2.75, 3.05) is 6.54 Å². The molecule has 0 spiro atoms. The highest BCUT2D eigenvalue weighted by Gasteiger charge is 2.25. The predicted octanol–water partition coefficient (Wildman–Crippen LogP) is 3.94. The van der Waals surface area contributed by atoms with Crippen LogP contribution in [0.3, 0.4) is 0 Å². The molecular formula is C14H18F3N. The molecule has 0 aliphatic heterocycles. The minimum Gasteiger partial charge on any atom is -0.310 e. The molecule has 1 aromatic rings. The van der Waals surface area contributed by atoms with Crippen molar-refractivity contribution >= 4 is 0 Å². The minimum atomic E-state index is -1.37. The molecular weight excluding hydrogens is 239 g/mol. The van der Waals surface area contributed by atoms with Crippen molar-refractivity contribution in [1.82, 2.24) is 5.32 Å². The van der Waals surface area contributed by atoms with Gasteiger partial charge in [0.1, 0.15) is 0 Å². The molecule has 1 atom stereocenters. The van der Waals surface area contributed by atoms with E-state index in [0.717, 1.165) is 24.8 Å². The Morgan fingerprint density at radius 2 is 1.94 bits per heavy atom. The zero-order valence-corrected chi connectivity index (χ0v) is 10.5. The van der Waals surface area contributed by atoms with Crippen molar-refractivity contribution in [2.24, 2.45) is 5.92 Å². The fraction of sp³-hybridized carbons (Fsp3) is 0.571. The van der Waals surface area contributed by atoms with Crippen LogP contribution in [0.4, 0.5) is 13.2 Å². The molecule has 1 fully saturated rings. The van der Waals surface area contributed by atoms with Crippen LogP contribution in [0.15, 0.2) is 12.1 Å². The van der Waals surface area contributed by atoms with E-state index in [-0.39, 0.29) is 11.6 Å². The summed E-state index contributed by atoms with van der Waals surface area (Å²) in [4.78, 5) is 0. The number of halogens is 3. The summed E-state index contributed by atoms with van der Waals surface area (Å²) in [6.07, 6.45) is 4.24. The van der Waals surface area contributed by atoms with E-state index in [1.165, 1.54) is 18.9 Å². The topological polar surface area (TPSA) is 12.0 Å². The second kappa shape index (κ2) is 5.74. The Morgan fingerprint density at radius 1 is 1.22 bits per heavy atom. The monoisotopic (exact) mass is 257 g/mol. The molecule has 18 heavy (non-hydrogen) atoms. The maximum atomic E-state index is 13.7. The molecule has 0 heterocycles. The summed E-state index contributed by atoms with van der Waals surface area (Å²) < 4.78 is 39.8. The molecule has 1 nitrogen and oxygen atoms in total. The molecule has 2 rings (SSSR count). The maximum Gasteiger partial charge on any atom is 0.194 e. The van der Waals surface area contributed by atoms with Crippen LogP contribution in [0.1, 0.15) is 44.2 Å². The van der Waals surface area contributed by atoms with Crippen molar-refractivity contribution in [3.8, 4) is 0 Å². The van der Waals surface area contributed by atoms with Gasteiger partial charge in [-0.3, -0.25) is 0 Å². The first-order valence-electron chi connectivity index (χ1n) is 6.50. The van der Waals surface area contributed by atoms with Crippen molar-refractivity contribution in [2.45, 2.75) is 38.6 Å². The lowest BCUT2D eigenvalue weighted by molar-refractivity contribution is 0.413. The van der Waals surface area contributed by atoms with Gasteiger partial charge in [-0.1, -0.05) is 25.8 Å². The lowest BCUT2D eigenvalue weighted by Gasteiger charge is -2.19. The van der Waals surface area contributed by atoms with Crippen LogP contribution in [-0.2, 0) is 0 Å². The lowest BCUT2D eigenvalue weighted by atomic mass is 9.99. The van der Waals surface area contributed by atoms with Crippen LogP contribution in [0.2, 0.25) is 0 Å². The van der Waals surface area contributed by atoms with Gasteiger partial charge in [-0.2, -0.15) is 0 Å². The van der Waals surface area contributed by atoms with E-state index in [0.29, 0.717) is 6.54 Å². The quantitative estimate of drug-likeness (QED) is 0.761. The van der Waals surface area contributed by atoms with E-state index >= 15 is 0 Å². The molecule has 100 valence electrons. The van der Waals surface area contributed by atoms with Gasteiger partial charge in [0.15, 0.2) is 17.5 Å². The Balaban J connectivity index is 2.15. The summed E-state index contributed by atoms with van der Waals surface area (Å²) in [7, 11) is 0. The fourth-order valence-corrected chi connectivity index (χ4v) is 2.23. The van der Waals surface area contributed by atoms with Gasteiger partial charge < -0.3 is 5.32 Å². The number of nitrogens with one attached hydrogen (secondary N) is 1.